The van der Waals surface area contributed by atoms with Crippen molar-refractivity contribution in [2.75, 3.05) is 22.9 Å². The number of carbonyl (C=O) groups is 2. The fourth-order valence-corrected chi connectivity index (χ4v) is 5.05. The average Bonchev–Trinajstić information content (AvgIpc) is 2.96. The third kappa shape index (κ3) is 4.24. The van der Waals surface area contributed by atoms with Gasteiger partial charge in [-0.3, -0.25) is 9.59 Å². The molecule has 2 aliphatic rings. The molecule has 0 aromatic heterocycles. The summed E-state index contributed by atoms with van der Waals surface area (Å²) in [6.45, 7) is 4.03. The lowest BCUT2D eigenvalue weighted by Crippen LogP contribution is -2.45. The Morgan fingerprint density at radius 1 is 1.44 bits per heavy atom. The van der Waals surface area contributed by atoms with E-state index in [1.54, 1.807) is 25.1 Å². The zero-order valence-electron chi connectivity index (χ0n) is 15.5. The first-order valence-corrected chi connectivity index (χ1v) is 10.8. The van der Waals surface area contributed by atoms with Crippen molar-refractivity contribution in [2.24, 2.45) is 0 Å². The Morgan fingerprint density at radius 3 is 2.89 bits per heavy atom. The molecule has 1 aromatic carbocycles. The normalized spacial score (nSPS) is 22.4. The predicted molar refractivity (Wildman–Crippen MR) is 102 cm³/mol. The van der Waals surface area contributed by atoms with Gasteiger partial charge in [0, 0.05) is 12.2 Å². The number of sulfonamides is 1. The number of unbranched alkanes of at least 4 members (excludes halogenated alkanes) is 1. The molecule has 0 bridgehead atoms. The van der Waals surface area contributed by atoms with Gasteiger partial charge in [0.15, 0.2) is 6.10 Å². The second-order valence-electron chi connectivity index (χ2n) is 6.89. The summed E-state index contributed by atoms with van der Waals surface area (Å²) in [5.74, 6) is 0.00792. The van der Waals surface area contributed by atoms with Crippen LogP contribution in [-0.4, -0.2) is 49.0 Å². The molecule has 2 aliphatic heterocycles. The maximum absolute atomic E-state index is 12.8. The van der Waals surface area contributed by atoms with Gasteiger partial charge < -0.3 is 15.4 Å². The van der Waals surface area contributed by atoms with Crippen molar-refractivity contribution in [3.05, 3.63) is 18.2 Å². The molecule has 3 rings (SSSR count). The van der Waals surface area contributed by atoms with E-state index in [2.05, 4.69) is 10.6 Å². The molecule has 2 heterocycles. The molecule has 2 N–H and O–H groups in total. The number of hydrogen-bond acceptors (Lipinski definition) is 5. The lowest BCUT2D eigenvalue weighted by atomic mass is 10.1. The van der Waals surface area contributed by atoms with Gasteiger partial charge in [0.05, 0.1) is 11.4 Å². The number of nitrogens with one attached hydrogen (secondary N) is 2. The molecule has 148 valence electrons. The molecule has 0 aliphatic carbocycles. The SMILES string of the molecule is CCCC[C@H](C(=O)Nc1ccc2c(c1)NC(=O)[C@@H](C)O2)N1CCCS1(=O)=O. The third-order valence-electron chi connectivity index (χ3n) is 4.80. The van der Waals surface area contributed by atoms with E-state index < -0.39 is 22.2 Å². The summed E-state index contributed by atoms with van der Waals surface area (Å²) in [7, 11) is -3.39. The first-order valence-electron chi connectivity index (χ1n) is 9.24. The summed E-state index contributed by atoms with van der Waals surface area (Å²) in [5, 5.41) is 5.52. The number of anilines is 2. The van der Waals surface area contributed by atoms with Gasteiger partial charge in [-0.2, -0.15) is 4.31 Å². The van der Waals surface area contributed by atoms with Gasteiger partial charge >= 0.3 is 0 Å². The molecular weight excluding hydrogens is 370 g/mol. The lowest BCUT2D eigenvalue weighted by Gasteiger charge is -2.26. The monoisotopic (exact) mass is 395 g/mol. The summed E-state index contributed by atoms with van der Waals surface area (Å²) in [5.41, 5.74) is 0.963. The molecule has 0 saturated carbocycles. The van der Waals surface area contributed by atoms with E-state index in [0.29, 0.717) is 36.5 Å². The van der Waals surface area contributed by atoms with Crippen molar-refractivity contribution in [1.29, 1.82) is 0 Å². The largest absolute Gasteiger partial charge is 0.479 e. The summed E-state index contributed by atoms with van der Waals surface area (Å²) in [6, 6.07) is 4.25. The topological polar surface area (TPSA) is 105 Å². The Bertz CT molecular complexity index is 839. The molecule has 1 saturated heterocycles. The van der Waals surface area contributed by atoms with Crippen molar-refractivity contribution in [3.8, 4) is 5.75 Å². The fraction of sp³-hybridized carbons (Fsp3) is 0.556. The van der Waals surface area contributed by atoms with Crippen LogP contribution in [0.15, 0.2) is 18.2 Å². The van der Waals surface area contributed by atoms with Crippen LogP contribution in [0.5, 0.6) is 5.75 Å². The van der Waals surface area contributed by atoms with Crippen molar-refractivity contribution in [3.63, 3.8) is 0 Å². The zero-order valence-corrected chi connectivity index (χ0v) is 16.3. The van der Waals surface area contributed by atoms with Gasteiger partial charge in [0.25, 0.3) is 5.91 Å². The summed E-state index contributed by atoms with van der Waals surface area (Å²) in [6.07, 6.45) is 2.08. The van der Waals surface area contributed by atoms with E-state index in [-0.39, 0.29) is 17.6 Å². The number of ether oxygens (including phenoxy) is 1. The Kier molecular flexibility index (Phi) is 5.71. The van der Waals surface area contributed by atoms with Crippen molar-refractivity contribution < 1.29 is 22.7 Å². The molecule has 0 radical (unpaired) electrons. The average molecular weight is 395 g/mol. The number of amides is 2. The first kappa shape index (κ1) is 19.6. The van der Waals surface area contributed by atoms with Gasteiger partial charge in [-0.15, -0.1) is 0 Å². The smallest absolute Gasteiger partial charge is 0.265 e. The fourth-order valence-electron chi connectivity index (χ4n) is 3.32. The molecule has 2 amide bonds. The van der Waals surface area contributed by atoms with Crippen LogP contribution in [0.2, 0.25) is 0 Å². The maximum atomic E-state index is 12.8. The quantitative estimate of drug-likeness (QED) is 0.766. The molecule has 1 fully saturated rings. The van der Waals surface area contributed by atoms with Crippen LogP contribution in [0.25, 0.3) is 0 Å². The zero-order chi connectivity index (χ0) is 19.6. The Labute approximate surface area is 159 Å². The number of hydrogen-bond donors (Lipinski definition) is 2. The van der Waals surface area contributed by atoms with Crippen LogP contribution >= 0.6 is 0 Å². The Morgan fingerprint density at radius 2 is 2.22 bits per heavy atom. The van der Waals surface area contributed by atoms with Gasteiger partial charge in [0.1, 0.15) is 11.8 Å². The van der Waals surface area contributed by atoms with Gasteiger partial charge in [-0.25, -0.2) is 8.42 Å². The van der Waals surface area contributed by atoms with Gasteiger partial charge in [0.2, 0.25) is 15.9 Å². The van der Waals surface area contributed by atoms with Crippen LogP contribution in [0, 0.1) is 0 Å². The maximum Gasteiger partial charge on any atom is 0.265 e. The summed E-state index contributed by atoms with van der Waals surface area (Å²) < 4.78 is 31.4. The van der Waals surface area contributed by atoms with E-state index in [1.165, 1.54) is 4.31 Å². The van der Waals surface area contributed by atoms with E-state index in [4.69, 9.17) is 4.74 Å². The minimum atomic E-state index is -3.39. The third-order valence-corrected chi connectivity index (χ3v) is 6.75. The van der Waals surface area contributed by atoms with Crippen molar-refractivity contribution in [1.82, 2.24) is 4.31 Å². The van der Waals surface area contributed by atoms with Crippen molar-refractivity contribution in [2.45, 2.75) is 51.7 Å². The lowest BCUT2D eigenvalue weighted by molar-refractivity contribution is -0.122. The van der Waals surface area contributed by atoms with Crippen LogP contribution in [0.3, 0.4) is 0 Å². The summed E-state index contributed by atoms with van der Waals surface area (Å²) >= 11 is 0. The number of carbonyl (C=O) groups excluding carboxylic acids is 2. The highest BCUT2D eigenvalue weighted by Gasteiger charge is 2.38. The molecule has 0 unspecified atom stereocenters. The second kappa shape index (κ2) is 7.85. The number of fused-ring (bicyclic) bond motifs is 1. The molecular formula is C18H25N3O5S. The predicted octanol–water partition coefficient (Wildman–Crippen LogP) is 1.94. The second-order valence-corrected chi connectivity index (χ2v) is 8.93. The molecule has 9 heteroatoms. The standard InChI is InChI=1S/C18H25N3O5S/c1-3-4-6-15(21-9-5-10-27(21,24)25)18(23)19-13-7-8-16-14(11-13)20-17(22)12(2)26-16/h7-8,11-12,15H,3-6,9-10H2,1-2H3,(H,19,23)(H,20,22)/t12-,15-/m1/s1. The number of benzene rings is 1. The van der Waals surface area contributed by atoms with Crippen LogP contribution in [0.1, 0.15) is 39.5 Å². The minimum Gasteiger partial charge on any atom is -0.479 e. The Balaban J connectivity index is 1.77. The van der Waals surface area contributed by atoms with Crippen LogP contribution in [-0.2, 0) is 19.6 Å². The van der Waals surface area contributed by atoms with E-state index in [9.17, 15) is 18.0 Å². The molecule has 1 aromatic rings. The Hall–Kier alpha value is -2.13. The highest BCUT2D eigenvalue weighted by molar-refractivity contribution is 7.89. The highest BCUT2D eigenvalue weighted by atomic mass is 32.2. The number of rotatable bonds is 6. The highest BCUT2D eigenvalue weighted by Crippen LogP contribution is 2.32. The van der Waals surface area contributed by atoms with Crippen LogP contribution in [0.4, 0.5) is 11.4 Å². The molecule has 2 atom stereocenters. The molecule has 27 heavy (non-hydrogen) atoms. The minimum absolute atomic E-state index is 0.0866. The summed E-state index contributed by atoms with van der Waals surface area (Å²) in [4.78, 5) is 24.6. The van der Waals surface area contributed by atoms with E-state index in [0.717, 1.165) is 12.8 Å². The molecule has 0 spiro atoms. The van der Waals surface area contributed by atoms with Gasteiger partial charge in [-0.1, -0.05) is 19.8 Å². The van der Waals surface area contributed by atoms with Gasteiger partial charge in [-0.05, 0) is 38.0 Å². The van der Waals surface area contributed by atoms with Crippen LogP contribution < -0.4 is 15.4 Å². The van der Waals surface area contributed by atoms with Crippen molar-refractivity contribution >= 4 is 33.2 Å². The first-order chi connectivity index (χ1) is 12.8. The molecule has 8 nitrogen and oxygen atoms in total. The van der Waals surface area contributed by atoms with E-state index >= 15 is 0 Å². The van der Waals surface area contributed by atoms with E-state index in [1.807, 2.05) is 6.92 Å². The number of nitrogens with zero attached hydrogens (tertiary/aromatic N) is 1.